The van der Waals surface area contributed by atoms with Gasteiger partial charge in [-0.1, -0.05) is 28.1 Å². The van der Waals surface area contributed by atoms with Gasteiger partial charge in [-0.25, -0.2) is 4.79 Å². The van der Waals surface area contributed by atoms with E-state index in [1.54, 1.807) is 9.13 Å². The minimum absolute atomic E-state index is 0.110. The molecule has 0 fully saturated rings. The first-order chi connectivity index (χ1) is 11.6. The van der Waals surface area contributed by atoms with Gasteiger partial charge in [-0.2, -0.15) is 0 Å². The number of halogens is 1. The van der Waals surface area contributed by atoms with Gasteiger partial charge in [-0.15, -0.1) is 0 Å². The Balaban J connectivity index is 1.76. The average molecular weight is 391 g/mol. The maximum absolute atomic E-state index is 12.5. The molecule has 1 atom stereocenters. The minimum Gasteiger partial charge on any atom is -0.491 e. The Hall–Kier alpha value is -2.05. The minimum atomic E-state index is -0.776. The summed E-state index contributed by atoms with van der Waals surface area (Å²) < 4.78 is 9.87. The highest BCUT2D eigenvalue weighted by Crippen LogP contribution is 2.17. The van der Waals surface area contributed by atoms with Crippen molar-refractivity contribution >= 4 is 27.0 Å². The Kier molecular flexibility index (Phi) is 5.06. The van der Waals surface area contributed by atoms with E-state index in [2.05, 4.69) is 15.9 Å². The van der Waals surface area contributed by atoms with Gasteiger partial charge in [0.2, 0.25) is 0 Å². The van der Waals surface area contributed by atoms with Crippen molar-refractivity contribution in [1.82, 2.24) is 9.13 Å². The van der Waals surface area contributed by atoms with E-state index in [4.69, 9.17) is 4.74 Å². The van der Waals surface area contributed by atoms with Crippen molar-refractivity contribution in [3.05, 3.63) is 63.5 Å². The first-order valence-corrected chi connectivity index (χ1v) is 8.64. The molecule has 0 spiro atoms. The Morgan fingerprint density at radius 2 is 1.71 bits per heavy atom. The molecule has 0 amide bonds. The number of hydrogen-bond acceptors (Lipinski definition) is 3. The van der Waals surface area contributed by atoms with Crippen LogP contribution in [0.15, 0.2) is 57.8 Å². The van der Waals surface area contributed by atoms with Crippen molar-refractivity contribution in [2.45, 2.75) is 26.1 Å². The molecule has 0 aliphatic rings. The molecule has 24 heavy (non-hydrogen) atoms. The molecule has 0 saturated carbocycles. The van der Waals surface area contributed by atoms with Crippen LogP contribution in [0.2, 0.25) is 0 Å². The Bertz CT molecular complexity index is 883. The van der Waals surface area contributed by atoms with Crippen LogP contribution in [-0.2, 0) is 13.1 Å². The highest BCUT2D eigenvalue weighted by molar-refractivity contribution is 9.10. The smallest absolute Gasteiger partial charge is 0.329 e. The Morgan fingerprint density at radius 3 is 2.33 bits per heavy atom. The standard InChI is InChI=1S/C18H19BrN2O3/c1-2-20-16-5-3-4-6-17(16)21(18(20)23)11-14(22)12-24-15-9-7-13(19)8-10-15/h3-10,14,22H,2,11-12H2,1H3. The molecular formula is C18H19BrN2O3. The van der Waals surface area contributed by atoms with Gasteiger partial charge in [-0.05, 0) is 43.3 Å². The van der Waals surface area contributed by atoms with Crippen LogP contribution in [-0.4, -0.2) is 27.0 Å². The summed E-state index contributed by atoms with van der Waals surface area (Å²) in [7, 11) is 0. The molecule has 0 saturated heterocycles. The highest BCUT2D eigenvalue weighted by atomic mass is 79.9. The molecule has 0 aliphatic heterocycles. The SMILES string of the molecule is CCn1c(=O)n(CC(O)COc2ccc(Br)cc2)c2ccccc21. The first kappa shape index (κ1) is 16.8. The van der Waals surface area contributed by atoms with E-state index < -0.39 is 6.10 Å². The number of aliphatic hydroxyl groups excluding tert-OH is 1. The molecule has 1 aromatic heterocycles. The molecule has 2 aromatic carbocycles. The van der Waals surface area contributed by atoms with E-state index in [0.29, 0.717) is 12.3 Å². The second kappa shape index (κ2) is 7.23. The van der Waals surface area contributed by atoms with Gasteiger partial charge >= 0.3 is 5.69 Å². The van der Waals surface area contributed by atoms with Gasteiger partial charge < -0.3 is 9.84 Å². The Morgan fingerprint density at radius 1 is 1.08 bits per heavy atom. The number of fused-ring (bicyclic) bond motifs is 1. The predicted octanol–water partition coefficient (Wildman–Crippen LogP) is 3.03. The summed E-state index contributed by atoms with van der Waals surface area (Å²) >= 11 is 3.36. The zero-order valence-corrected chi connectivity index (χ0v) is 14.9. The normalized spacial score (nSPS) is 12.5. The molecular weight excluding hydrogens is 372 g/mol. The van der Waals surface area contributed by atoms with E-state index >= 15 is 0 Å². The number of ether oxygens (including phenoxy) is 1. The van der Waals surface area contributed by atoms with Gasteiger partial charge in [0.1, 0.15) is 18.5 Å². The maximum Gasteiger partial charge on any atom is 0.329 e. The summed E-state index contributed by atoms with van der Waals surface area (Å²) in [6.07, 6.45) is -0.776. The summed E-state index contributed by atoms with van der Waals surface area (Å²) in [5, 5.41) is 10.3. The molecule has 6 heteroatoms. The van der Waals surface area contributed by atoms with E-state index in [0.717, 1.165) is 15.5 Å². The van der Waals surface area contributed by atoms with E-state index in [1.807, 2.05) is 55.5 Å². The fraction of sp³-hybridized carbons (Fsp3) is 0.278. The third-order valence-corrected chi connectivity index (χ3v) is 4.42. The van der Waals surface area contributed by atoms with Crippen molar-refractivity contribution < 1.29 is 9.84 Å². The van der Waals surface area contributed by atoms with Crippen LogP contribution in [0.5, 0.6) is 5.75 Å². The number of aliphatic hydroxyl groups is 1. The monoisotopic (exact) mass is 390 g/mol. The van der Waals surface area contributed by atoms with Gasteiger partial charge in [-0.3, -0.25) is 9.13 Å². The van der Waals surface area contributed by atoms with Crippen LogP contribution in [0, 0.1) is 0 Å². The third-order valence-electron chi connectivity index (χ3n) is 3.89. The second-order valence-corrected chi connectivity index (χ2v) is 6.46. The van der Waals surface area contributed by atoms with Crippen LogP contribution in [0.1, 0.15) is 6.92 Å². The summed E-state index contributed by atoms with van der Waals surface area (Å²) in [5.41, 5.74) is 1.60. The molecule has 3 aromatic rings. The van der Waals surface area contributed by atoms with Crippen LogP contribution in [0.4, 0.5) is 0 Å². The van der Waals surface area contributed by atoms with Gasteiger partial charge in [0.05, 0.1) is 17.6 Å². The Labute approximate surface area is 148 Å². The number of benzene rings is 2. The van der Waals surface area contributed by atoms with Crippen LogP contribution in [0.3, 0.4) is 0 Å². The molecule has 1 N–H and O–H groups in total. The van der Waals surface area contributed by atoms with E-state index in [1.165, 1.54) is 0 Å². The molecule has 5 nitrogen and oxygen atoms in total. The van der Waals surface area contributed by atoms with Gasteiger partial charge in [0.25, 0.3) is 0 Å². The molecule has 0 radical (unpaired) electrons. The molecule has 1 heterocycles. The molecule has 126 valence electrons. The zero-order chi connectivity index (χ0) is 17.1. The molecule has 3 rings (SSSR count). The van der Waals surface area contributed by atoms with Gasteiger partial charge in [0.15, 0.2) is 0 Å². The number of hydrogen-bond donors (Lipinski definition) is 1. The van der Waals surface area contributed by atoms with Crippen LogP contribution in [0.25, 0.3) is 11.0 Å². The number of rotatable bonds is 6. The third kappa shape index (κ3) is 3.39. The van der Waals surface area contributed by atoms with Crippen LogP contribution >= 0.6 is 15.9 Å². The molecule has 0 bridgehead atoms. The van der Waals surface area contributed by atoms with Crippen molar-refractivity contribution in [3.63, 3.8) is 0 Å². The molecule has 0 aliphatic carbocycles. The topological polar surface area (TPSA) is 56.4 Å². The lowest BCUT2D eigenvalue weighted by Crippen LogP contribution is -2.31. The first-order valence-electron chi connectivity index (χ1n) is 7.84. The number of nitrogens with zero attached hydrogens (tertiary/aromatic N) is 2. The second-order valence-electron chi connectivity index (χ2n) is 5.54. The largest absolute Gasteiger partial charge is 0.491 e. The number of imidazole rings is 1. The zero-order valence-electron chi connectivity index (χ0n) is 13.4. The highest BCUT2D eigenvalue weighted by Gasteiger charge is 2.15. The summed E-state index contributed by atoms with van der Waals surface area (Å²) in [5.74, 6) is 0.681. The fourth-order valence-corrected chi connectivity index (χ4v) is 3.01. The molecule has 1 unspecified atom stereocenters. The lowest BCUT2D eigenvalue weighted by Gasteiger charge is -2.13. The lowest BCUT2D eigenvalue weighted by molar-refractivity contribution is 0.0924. The quantitative estimate of drug-likeness (QED) is 0.703. The van der Waals surface area contributed by atoms with Gasteiger partial charge in [0, 0.05) is 11.0 Å². The van der Waals surface area contributed by atoms with Crippen molar-refractivity contribution in [3.8, 4) is 5.75 Å². The van der Waals surface area contributed by atoms with E-state index in [-0.39, 0.29) is 18.8 Å². The lowest BCUT2D eigenvalue weighted by atomic mass is 10.3. The number of para-hydroxylation sites is 2. The maximum atomic E-state index is 12.5. The number of aromatic nitrogens is 2. The average Bonchev–Trinajstić information content (AvgIpc) is 2.86. The summed E-state index contributed by atoms with van der Waals surface area (Å²) in [4.78, 5) is 12.5. The summed E-state index contributed by atoms with van der Waals surface area (Å²) in [6.45, 7) is 2.85. The summed E-state index contributed by atoms with van der Waals surface area (Å²) in [6, 6.07) is 15.0. The van der Waals surface area contributed by atoms with Crippen molar-refractivity contribution in [1.29, 1.82) is 0 Å². The number of aryl methyl sites for hydroxylation is 1. The van der Waals surface area contributed by atoms with Crippen molar-refractivity contribution in [2.24, 2.45) is 0 Å². The predicted molar refractivity (Wildman–Crippen MR) is 97.5 cm³/mol. The van der Waals surface area contributed by atoms with Crippen LogP contribution < -0.4 is 10.4 Å². The fourth-order valence-electron chi connectivity index (χ4n) is 2.74. The van der Waals surface area contributed by atoms with Crippen molar-refractivity contribution in [2.75, 3.05) is 6.61 Å². The van der Waals surface area contributed by atoms with E-state index in [9.17, 15) is 9.90 Å².